The first-order valence-electron chi connectivity index (χ1n) is 9.10. The van der Waals surface area contributed by atoms with Gasteiger partial charge in [-0.25, -0.2) is 0 Å². The van der Waals surface area contributed by atoms with Crippen LogP contribution in [-0.4, -0.2) is 60.7 Å². The van der Waals surface area contributed by atoms with Gasteiger partial charge in [-0.05, 0) is 42.4 Å². The highest BCUT2D eigenvalue weighted by atomic mass is 79.9. The van der Waals surface area contributed by atoms with Crippen LogP contribution in [0.15, 0.2) is 28.7 Å². The molecule has 6 heteroatoms. The fourth-order valence-corrected chi connectivity index (χ4v) is 5.43. The minimum Gasteiger partial charge on any atom is -0.379 e. The van der Waals surface area contributed by atoms with Gasteiger partial charge in [0.2, 0.25) is 5.91 Å². The molecule has 1 amide bonds. The van der Waals surface area contributed by atoms with E-state index in [2.05, 4.69) is 32.2 Å². The number of hydrogen-bond acceptors (Lipinski definition) is 4. The fraction of sp³-hybridized carbons (Fsp3) is 0.632. The van der Waals surface area contributed by atoms with Gasteiger partial charge >= 0.3 is 0 Å². The average Bonchev–Trinajstić information content (AvgIpc) is 2.67. The lowest BCUT2D eigenvalue weighted by Crippen LogP contribution is -2.60. The Hall–Kier alpha value is -0.560. The summed E-state index contributed by atoms with van der Waals surface area (Å²) in [5.74, 6) is 2.52. The van der Waals surface area contributed by atoms with Crippen LogP contribution in [0.5, 0.6) is 0 Å². The molecule has 0 spiro atoms. The van der Waals surface area contributed by atoms with Gasteiger partial charge in [-0.1, -0.05) is 34.1 Å². The number of aryl methyl sites for hydroxylation is 1. The lowest BCUT2D eigenvalue weighted by Gasteiger charge is -2.48. The van der Waals surface area contributed by atoms with Crippen LogP contribution in [0.25, 0.3) is 0 Å². The molecule has 3 rings (SSSR count). The maximum Gasteiger partial charge on any atom is 0.220 e. The Kier molecular flexibility index (Phi) is 7.22. The number of carbonyl (C=O) groups excluding carboxylic acids is 1. The van der Waals surface area contributed by atoms with Gasteiger partial charge in [0.1, 0.15) is 0 Å². The van der Waals surface area contributed by atoms with Gasteiger partial charge in [-0.15, -0.1) is 0 Å². The Balaban J connectivity index is 1.53. The van der Waals surface area contributed by atoms with Crippen LogP contribution in [-0.2, 0) is 16.0 Å². The number of carbonyl (C=O) groups is 1. The molecule has 138 valence electrons. The molecule has 0 atom stereocenters. The molecular formula is C19H27BrN2O2S. The van der Waals surface area contributed by atoms with Gasteiger partial charge in [0.15, 0.2) is 0 Å². The molecule has 0 saturated carbocycles. The Morgan fingerprint density at radius 2 is 1.96 bits per heavy atom. The highest BCUT2D eigenvalue weighted by molar-refractivity contribution is 9.10. The molecule has 2 fully saturated rings. The molecule has 0 unspecified atom stereocenters. The fourth-order valence-electron chi connectivity index (χ4n) is 3.69. The Labute approximate surface area is 163 Å². The Morgan fingerprint density at radius 1 is 1.24 bits per heavy atom. The van der Waals surface area contributed by atoms with Crippen LogP contribution in [0.3, 0.4) is 0 Å². The molecule has 0 aliphatic carbocycles. The zero-order valence-corrected chi connectivity index (χ0v) is 17.0. The molecule has 4 nitrogen and oxygen atoms in total. The van der Waals surface area contributed by atoms with E-state index in [4.69, 9.17) is 4.74 Å². The largest absolute Gasteiger partial charge is 0.379 e. The number of ether oxygens (including phenoxy) is 1. The number of benzene rings is 1. The number of nitrogens with zero attached hydrogens (tertiary/aromatic N) is 1. The third-order valence-electron chi connectivity index (χ3n) is 5.30. The van der Waals surface area contributed by atoms with E-state index in [0.29, 0.717) is 6.42 Å². The van der Waals surface area contributed by atoms with Gasteiger partial charge in [0.25, 0.3) is 0 Å². The number of amides is 1. The summed E-state index contributed by atoms with van der Waals surface area (Å²) >= 11 is 5.58. The maximum atomic E-state index is 12.4. The third kappa shape index (κ3) is 5.22. The first kappa shape index (κ1) is 19.2. The molecular weight excluding hydrogens is 400 g/mol. The predicted octanol–water partition coefficient (Wildman–Crippen LogP) is 3.10. The van der Waals surface area contributed by atoms with E-state index in [1.54, 1.807) is 0 Å². The Bertz CT molecular complexity index is 572. The summed E-state index contributed by atoms with van der Waals surface area (Å²) in [6.45, 7) is 4.35. The smallest absolute Gasteiger partial charge is 0.220 e. The summed E-state index contributed by atoms with van der Waals surface area (Å²) < 4.78 is 6.60. The summed E-state index contributed by atoms with van der Waals surface area (Å²) in [4.78, 5) is 15.0. The number of rotatable bonds is 6. The lowest BCUT2D eigenvalue weighted by atomic mass is 9.89. The van der Waals surface area contributed by atoms with Gasteiger partial charge < -0.3 is 10.1 Å². The minimum absolute atomic E-state index is 0.123. The monoisotopic (exact) mass is 426 g/mol. The van der Waals surface area contributed by atoms with Crippen molar-refractivity contribution >= 4 is 33.6 Å². The summed E-state index contributed by atoms with van der Waals surface area (Å²) in [6, 6.07) is 8.12. The van der Waals surface area contributed by atoms with Crippen molar-refractivity contribution in [3.63, 3.8) is 0 Å². The van der Waals surface area contributed by atoms with Crippen LogP contribution >= 0.6 is 27.7 Å². The van der Waals surface area contributed by atoms with Gasteiger partial charge in [-0.3, -0.25) is 9.69 Å². The second-order valence-corrected chi connectivity index (χ2v) is 8.88. The van der Waals surface area contributed by atoms with E-state index in [-0.39, 0.29) is 11.4 Å². The minimum atomic E-state index is 0.123. The zero-order chi connectivity index (χ0) is 17.5. The van der Waals surface area contributed by atoms with Crippen molar-refractivity contribution in [1.82, 2.24) is 10.2 Å². The van der Waals surface area contributed by atoms with Crippen molar-refractivity contribution in [3.8, 4) is 0 Å². The third-order valence-corrected chi connectivity index (χ3v) is 7.06. The van der Waals surface area contributed by atoms with Crippen LogP contribution in [0.4, 0.5) is 0 Å². The first-order valence-corrected chi connectivity index (χ1v) is 11.1. The lowest BCUT2D eigenvalue weighted by molar-refractivity contribution is -0.122. The Morgan fingerprint density at radius 3 is 2.68 bits per heavy atom. The van der Waals surface area contributed by atoms with E-state index in [1.165, 1.54) is 17.1 Å². The summed E-state index contributed by atoms with van der Waals surface area (Å²) in [5, 5.41) is 3.23. The van der Waals surface area contributed by atoms with Crippen LogP contribution in [0.2, 0.25) is 0 Å². The molecule has 2 saturated heterocycles. The second kappa shape index (κ2) is 9.40. The number of thioether (sulfide) groups is 1. The summed E-state index contributed by atoms with van der Waals surface area (Å²) in [6.07, 6.45) is 3.62. The van der Waals surface area contributed by atoms with E-state index in [0.717, 1.165) is 56.6 Å². The molecule has 1 aromatic carbocycles. The van der Waals surface area contributed by atoms with Crippen molar-refractivity contribution in [2.75, 3.05) is 44.4 Å². The van der Waals surface area contributed by atoms with E-state index >= 15 is 0 Å². The molecule has 2 heterocycles. The van der Waals surface area contributed by atoms with Crippen molar-refractivity contribution < 1.29 is 9.53 Å². The van der Waals surface area contributed by atoms with Crippen molar-refractivity contribution in [2.24, 2.45) is 0 Å². The number of hydrogen-bond donors (Lipinski definition) is 1. The molecule has 0 radical (unpaired) electrons. The zero-order valence-electron chi connectivity index (χ0n) is 14.6. The second-order valence-electron chi connectivity index (χ2n) is 6.80. The van der Waals surface area contributed by atoms with Gasteiger partial charge in [-0.2, -0.15) is 11.8 Å². The SMILES string of the molecule is O=C(CCc1ccccc1Br)NCC1(N2CCOCC2)CCSCC1. The average molecular weight is 427 g/mol. The highest BCUT2D eigenvalue weighted by Gasteiger charge is 2.39. The van der Waals surface area contributed by atoms with Crippen molar-refractivity contribution in [3.05, 3.63) is 34.3 Å². The van der Waals surface area contributed by atoms with E-state index < -0.39 is 0 Å². The topological polar surface area (TPSA) is 41.6 Å². The molecule has 0 bridgehead atoms. The van der Waals surface area contributed by atoms with Crippen LogP contribution in [0, 0.1) is 0 Å². The van der Waals surface area contributed by atoms with E-state index in [9.17, 15) is 4.79 Å². The van der Waals surface area contributed by atoms with Crippen molar-refractivity contribution in [2.45, 2.75) is 31.2 Å². The molecule has 0 aromatic heterocycles. The summed E-state index contributed by atoms with van der Waals surface area (Å²) in [5.41, 5.74) is 1.31. The van der Waals surface area contributed by atoms with Crippen molar-refractivity contribution in [1.29, 1.82) is 0 Å². The van der Waals surface area contributed by atoms with Gasteiger partial charge in [0, 0.05) is 36.1 Å². The number of morpholine rings is 1. The standard InChI is InChI=1S/C19H27BrN2O2S/c20-17-4-2-1-3-16(17)5-6-18(23)21-15-19(7-13-25-14-8-19)22-9-11-24-12-10-22/h1-4H,5-15H2,(H,21,23). The molecule has 1 aromatic rings. The highest BCUT2D eigenvalue weighted by Crippen LogP contribution is 2.32. The predicted molar refractivity (Wildman–Crippen MR) is 107 cm³/mol. The maximum absolute atomic E-state index is 12.4. The quantitative estimate of drug-likeness (QED) is 0.758. The van der Waals surface area contributed by atoms with Crippen LogP contribution in [0.1, 0.15) is 24.8 Å². The first-order chi connectivity index (χ1) is 12.2. The molecule has 2 aliphatic heterocycles. The van der Waals surface area contributed by atoms with Crippen LogP contribution < -0.4 is 5.32 Å². The van der Waals surface area contributed by atoms with E-state index in [1.807, 2.05) is 30.0 Å². The number of halogens is 1. The number of nitrogens with one attached hydrogen (secondary N) is 1. The molecule has 1 N–H and O–H groups in total. The normalized spacial score (nSPS) is 21.0. The molecule has 25 heavy (non-hydrogen) atoms. The van der Waals surface area contributed by atoms with Gasteiger partial charge in [0.05, 0.1) is 13.2 Å². The molecule has 2 aliphatic rings. The summed E-state index contributed by atoms with van der Waals surface area (Å²) in [7, 11) is 0.